The molecule has 0 fully saturated rings. The number of H-pyrrole nitrogens is 1. The van der Waals surface area contributed by atoms with Crippen molar-refractivity contribution in [3.63, 3.8) is 0 Å². The lowest BCUT2D eigenvalue weighted by Gasteiger charge is -2.13. The number of rotatable bonds is 7. The van der Waals surface area contributed by atoms with Gasteiger partial charge in [-0.15, -0.1) is 0 Å². The zero-order valence-electron chi connectivity index (χ0n) is 19.9. The smallest absolute Gasteiger partial charge is 0.373 e. The molecule has 36 heavy (non-hydrogen) atoms. The van der Waals surface area contributed by atoms with Crippen LogP contribution in [0, 0.1) is 0 Å². The molecular formula is C26H25F3N6O. The topological polar surface area (TPSA) is 85.9 Å². The lowest BCUT2D eigenvalue weighted by atomic mass is 10.0. The maximum atomic E-state index is 13.7. The number of aromatic nitrogens is 3. The monoisotopic (exact) mass is 494 g/mol. The highest BCUT2D eigenvalue weighted by Gasteiger charge is 2.31. The first-order valence-electron chi connectivity index (χ1n) is 11.1. The second-order valence-corrected chi connectivity index (χ2v) is 8.45. The number of benzene rings is 1. The molecule has 0 aliphatic rings. The molecule has 186 valence electrons. The van der Waals surface area contributed by atoms with Crippen molar-refractivity contribution in [2.45, 2.75) is 6.18 Å². The van der Waals surface area contributed by atoms with E-state index in [0.717, 1.165) is 28.6 Å². The van der Waals surface area contributed by atoms with Gasteiger partial charge >= 0.3 is 6.18 Å². The summed E-state index contributed by atoms with van der Waals surface area (Å²) in [5.41, 5.74) is 2.26. The van der Waals surface area contributed by atoms with Crippen molar-refractivity contribution in [2.75, 3.05) is 38.3 Å². The molecule has 3 aromatic heterocycles. The van der Waals surface area contributed by atoms with Crippen LogP contribution in [0.15, 0.2) is 67.1 Å². The molecule has 4 rings (SSSR count). The fourth-order valence-electron chi connectivity index (χ4n) is 3.72. The van der Waals surface area contributed by atoms with Gasteiger partial charge in [0.25, 0.3) is 0 Å². The largest absolute Gasteiger partial charge is 0.416 e. The predicted octanol–water partition coefficient (Wildman–Crippen LogP) is 5.41. The van der Waals surface area contributed by atoms with Crippen LogP contribution < -0.4 is 10.6 Å². The van der Waals surface area contributed by atoms with Crippen molar-refractivity contribution in [3.8, 4) is 22.3 Å². The highest BCUT2D eigenvalue weighted by atomic mass is 19.4. The lowest BCUT2D eigenvalue weighted by Crippen LogP contribution is -2.13. The summed E-state index contributed by atoms with van der Waals surface area (Å²) in [5.74, 6) is 0.172. The third kappa shape index (κ3) is 5.72. The molecule has 7 nitrogen and oxygen atoms in total. The molecule has 0 saturated heterocycles. The van der Waals surface area contributed by atoms with Crippen molar-refractivity contribution in [1.82, 2.24) is 19.9 Å². The maximum Gasteiger partial charge on any atom is 0.416 e. The van der Waals surface area contributed by atoms with Gasteiger partial charge in [0.1, 0.15) is 11.5 Å². The molecule has 0 radical (unpaired) electrons. The number of likely N-dealkylation sites (N-methyl/N-ethyl adjacent to an activating group) is 1. The fraction of sp³-hybridized carbons (Fsp3) is 0.192. The molecular weight excluding hydrogens is 469 g/mol. The van der Waals surface area contributed by atoms with E-state index in [0.29, 0.717) is 23.6 Å². The Morgan fingerprint density at radius 2 is 1.89 bits per heavy atom. The highest BCUT2D eigenvalue weighted by Crippen LogP contribution is 2.37. The van der Waals surface area contributed by atoms with Gasteiger partial charge in [-0.3, -0.25) is 4.79 Å². The standard InChI is InChI=1S/C26H25F3N6O/c1-30-23-12-16(6-7-31-23)22-15-33-25-21(22)11-18(14-32-25)17-9-19(26(27,28)29)13-20(10-17)34-24(36)5-4-8-35(2)3/h4-7,9-15H,8H2,1-3H3,(H,30,31)(H,32,33)(H,34,36). The fourth-order valence-corrected chi connectivity index (χ4v) is 3.72. The van der Waals surface area contributed by atoms with Crippen molar-refractivity contribution in [1.29, 1.82) is 0 Å². The number of nitrogens with one attached hydrogen (secondary N) is 3. The molecule has 0 aliphatic carbocycles. The number of carbonyl (C=O) groups is 1. The Morgan fingerprint density at radius 1 is 1.08 bits per heavy atom. The van der Waals surface area contributed by atoms with Gasteiger partial charge in [-0.05, 0) is 61.6 Å². The lowest BCUT2D eigenvalue weighted by molar-refractivity contribution is -0.137. The summed E-state index contributed by atoms with van der Waals surface area (Å²) >= 11 is 0. The van der Waals surface area contributed by atoms with Crippen LogP contribution in [-0.2, 0) is 11.0 Å². The van der Waals surface area contributed by atoms with Gasteiger partial charge in [-0.25, -0.2) is 9.97 Å². The van der Waals surface area contributed by atoms with Gasteiger partial charge in [0.05, 0.1) is 5.56 Å². The van der Waals surface area contributed by atoms with Crippen LogP contribution in [-0.4, -0.2) is 53.4 Å². The molecule has 0 atom stereocenters. The third-order valence-electron chi connectivity index (χ3n) is 5.46. The molecule has 0 spiro atoms. The summed E-state index contributed by atoms with van der Waals surface area (Å²) in [5, 5.41) is 6.27. The number of anilines is 2. The quantitative estimate of drug-likeness (QED) is 0.299. The summed E-state index contributed by atoms with van der Waals surface area (Å²) < 4.78 is 41.1. The van der Waals surface area contributed by atoms with Gasteiger partial charge in [-0.2, -0.15) is 13.2 Å². The molecule has 4 aromatic rings. The third-order valence-corrected chi connectivity index (χ3v) is 5.46. The van der Waals surface area contributed by atoms with Gasteiger partial charge in [0.2, 0.25) is 5.91 Å². The number of hydrogen-bond acceptors (Lipinski definition) is 5. The Labute approximate surface area is 206 Å². The minimum absolute atomic E-state index is 0.0431. The number of halogens is 3. The first-order chi connectivity index (χ1) is 17.1. The van der Waals surface area contributed by atoms with E-state index in [2.05, 4.69) is 25.6 Å². The molecule has 3 N–H and O–H groups in total. The number of pyridine rings is 2. The molecule has 0 unspecified atom stereocenters. The molecule has 1 amide bonds. The van der Waals surface area contributed by atoms with Crippen molar-refractivity contribution in [3.05, 3.63) is 72.7 Å². The number of nitrogens with zero attached hydrogens (tertiary/aromatic N) is 3. The van der Waals surface area contributed by atoms with E-state index in [1.54, 1.807) is 31.6 Å². The van der Waals surface area contributed by atoms with E-state index in [-0.39, 0.29) is 11.3 Å². The number of amides is 1. The van der Waals surface area contributed by atoms with Crippen LogP contribution in [0.2, 0.25) is 0 Å². The first-order valence-corrected chi connectivity index (χ1v) is 11.1. The second-order valence-electron chi connectivity index (χ2n) is 8.45. The van der Waals surface area contributed by atoms with E-state index < -0.39 is 17.6 Å². The number of fused-ring (bicyclic) bond motifs is 1. The highest BCUT2D eigenvalue weighted by molar-refractivity contribution is 6.00. The Balaban J connectivity index is 1.74. The van der Waals surface area contributed by atoms with Crippen molar-refractivity contribution < 1.29 is 18.0 Å². The predicted molar refractivity (Wildman–Crippen MR) is 136 cm³/mol. The van der Waals surface area contributed by atoms with Gasteiger partial charge in [0.15, 0.2) is 0 Å². The van der Waals surface area contributed by atoms with Crippen LogP contribution in [0.3, 0.4) is 0 Å². The van der Waals surface area contributed by atoms with Crippen molar-refractivity contribution >= 4 is 28.4 Å². The molecule has 0 aliphatic heterocycles. The summed E-state index contributed by atoms with van der Waals surface area (Å²) in [6.07, 6.45) is 3.32. The van der Waals surface area contributed by atoms with E-state index in [1.165, 1.54) is 18.3 Å². The first kappa shape index (κ1) is 24.9. The molecule has 1 aromatic carbocycles. The van der Waals surface area contributed by atoms with Crippen LogP contribution in [0.5, 0.6) is 0 Å². The van der Waals surface area contributed by atoms with Crippen LogP contribution >= 0.6 is 0 Å². The zero-order chi connectivity index (χ0) is 25.9. The number of alkyl halides is 3. The number of aromatic amines is 1. The number of carbonyl (C=O) groups excluding carboxylic acids is 1. The number of hydrogen-bond donors (Lipinski definition) is 3. The minimum Gasteiger partial charge on any atom is -0.373 e. The van der Waals surface area contributed by atoms with Gasteiger partial charge in [-0.1, -0.05) is 6.08 Å². The van der Waals surface area contributed by atoms with E-state index in [1.807, 2.05) is 31.1 Å². The molecule has 10 heteroatoms. The molecule has 0 bridgehead atoms. The average Bonchev–Trinajstić information content (AvgIpc) is 3.26. The summed E-state index contributed by atoms with van der Waals surface area (Å²) in [6.45, 7) is 0.527. The summed E-state index contributed by atoms with van der Waals surface area (Å²) in [6, 6.07) is 8.98. The minimum atomic E-state index is -4.59. The van der Waals surface area contributed by atoms with Crippen molar-refractivity contribution in [2.24, 2.45) is 0 Å². The van der Waals surface area contributed by atoms with Gasteiger partial charge in [0, 0.05) is 60.5 Å². The summed E-state index contributed by atoms with van der Waals surface area (Å²) in [7, 11) is 5.45. The molecule has 3 heterocycles. The van der Waals surface area contributed by atoms with E-state index in [9.17, 15) is 18.0 Å². The Bertz CT molecular complexity index is 1420. The Hall–Kier alpha value is -4.18. The van der Waals surface area contributed by atoms with E-state index in [4.69, 9.17) is 0 Å². The van der Waals surface area contributed by atoms with Gasteiger partial charge < -0.3 is 20.5 Å². The van der Waals surface area contributed by atoms with Crippen LogP contribution in [0.25, 0.3) is 33.3 Å². The maximum absolute atomic E-state index is 13.7. The Kier molecular flexibility index (Phi) is 7.07. The average molecular weight is 495 g/mol. The van der Waals surface area contributed by atoms with Crippen LogP contribution in [0.4, 0.5) is 24.7 Å². The summed E-state index contributed by atoms with van der Waals surface area (Å²) in [4.78, 5) is 25.9. The van der Waals surface area contributed by atoms with Crippen LogP contribution in [0.1, 0.15) is 5.56 Å². The SMILES string of the molecule is CNc1cc(-c2c[nH]c3ncc(-c4cc(NC(=O)C=CCN(C)C)cc(C(F)(F)F)c4)cc23)ccn1. The molecule has 0 saturated carbocycles. The zero-order valence-corrected chi connectivity index (χ0v) is 19.9. The van der Waals surface area contributed by atoms with E-state index >= 15 is 0 Å². The normalized spacial score (nSPS) is 12.0. The second kappa shape index (κ2) is 10.2. The Morgan fingerprint density at radius 3 is 2.61 bits per heavy atom.